The van der Waals surface area contributed by atoms with Crippen LogP contribution in [-0.2, 0) is 31.7 Å². The first-order valence-electron chi connectivity index (χ1n) is 8.08. The van der Waals surface area contributed by atoms with E-state index in [-0.39, 0.29) is 0 Å². The highest BCUT2D eigenvalue weighted by Crippen LogP contribution is 2.36. The predicted molar refractivity (Wildman–Crippen MR) is 99.9 cm³/mol. The highest BCUT2D eigenvalue weighted by atomic mass is 28.4. The van der Waals surface area contributed by atoms with Gasteiger partial charge in [0.1, 0.15) is 5.16 Å². The second-order valence-corrected chi connectivity index (χ2v) is 12.0. The molecule has 0 aliphatic carbocycles. The van der Waals surface area contributed by atoms with Crippen LogP contribution in [-0.4, -0.2) is 60.3 Å². The van der Waals surface area contributed by atoms with Gasteiger partial charge < -0.3 is 32.3 Å². The molecule has 1 aromatic carbocycles. The van der Waals surface area contributed by atoms with Crippen LogP contribution in [0.2, 0.25) is 6.04 Å². The fourth-order valence-electron chi connectivity index (χ4n) is 3.15. The van der Waals surface area contributed by atoms with E-state index in [0.29, 0.717) is 18.9 Å². The van der Waals surface area contributed by atoms with Crippen molar-refractivity contribution in [2.45, 2.75) is 24.0 Å². The van der Waals surface area contributed by atoms with Gasteiger partial charge in [-0.15, -0.1) is 0 Å². The number of rotatable bonds is 12. The first-order valence-corrected chi connectivity index (χ1v) is 11.7. The van der Waals surface area contributed by atoms with Gasteiger partial charge in [-0.2, -0.15) is 0 Å². The van der Waals surface area contributed by atoms with Crippen molar-refractivity contribution in [3.8, 4) is 0 Å². The van der Waals surface area contributed by atoms with E-state index in [1.54, 1.807) is 42.7 Å². The Morgan fingerprint density at radius 2 is 1.28 bits per heavy atom. The zero-order valence-corrected chi connectivity index (χ0v) is 18.0. The summed E-state index contributed by atoms with van der Waals surface area (Å²) >= 11 is 0. The quantitative estimate of drug-likeness (QED) is 0.547. The van der Waals surface area contributed by atoms with Gasteiger partial charge in [0.05, 0.1) is 0 Å². The van der Waals surface area contributed by atoms with E-state index in [4.69, 9.17) is 32.3 Å². The van der Waals surface area contributed by atoms with Gasteiger partial charge in [-0.3, -0.25) is 0 Å². The molecule has 9 heteroatoms. The van der Waals surface area contributed by atoms with Gasteiger partial charge in [0.15, 0.2) is 0 Å². The van der Waals surface area contributed by atoms with Crippen LogP contribution in [0.3, 0.4) is 0 Å². The normalized spacial score (nSPS) is 15.2. The highest BCUT2D eigenvalue weighted by molar-refractivity contribution is 6.64. The number of hydrogen-bond acceptors (Lipinski definition) is 7. The third-order valence-corrected chi connectivity index (χ3v) is 10.7. The van der Waals surface area contributed by atoms with Crippen LogP contribution in [0, 0.1) is 0 Å². The molecular formula is C16H31NO6Si2. The van der Waals surface area contributed by atoms with E-state index in [0.717, 1.165) is 5.56 Å². The Morgan fingerprint density at radius 3 is 1.68 bits per heavy atom. The average molecular weight is 390 g/mol. The topological polar surface area (TPSA) is 81.4 Å². The standard InChI is InChI=1S/C16H31NO6Si2/c1-18-24(19-2,20-3)14-10-13-16(17,15-11-8-7-9-12-15)25(21-4,22-5)23-6/h7-9,11-12H,10,13-14,17H2,1-6H3. The van der Waals surface area contributed by atoms with Gasteiger partial charge in [-0.05, 0) is 18.4 Å². The summed E-state index contributed by atoms with van der Waals surface area (Å²) < 4.78 is 33.6. The first kappa shape index (κ1) is 22.4. The largest absolute Gasteiger partial charge is 0.525 e. The minimum atomic E-state index is -3.17. The molecule has 0 heterocycles. The fraction of sp³-hybridized carbons (Fsp3) is 0.625. The van der Waals surface area contributed by atoms with Gasteiger partial charge in [-0.25, -0.2) is 0 Å². The lowest BCUT2D eigenvalue weighted by Crippen LogP contribution is -2.66. The predicted octanol–water partition coefficient (Wildman–Crippen LogP) is 1.92. The molecule has 1 atom stereocenters. The smallest absolute Gasteiger partial charge is 0.377 e. The Labute approximate surface area is 153 Å². The summed E-state index contributed by atoms with van der Waals surface area (Å²) in [6, 6.07) is 10.4. The molecule has 0 aliphatic heterocycles. The number of hydrogen-bond donors (Lipinski definition) is 1. The molecule has 0 amide bonds. The summed E-state index contributed by atoms with van der Waals surface area (Å²) in [4.78, 5) is 0. The summed E-state index contributed by atoms with van der Waals surface area (Å²) in [6.45, 7) is 0. The molecule has 1 unspecified atom stereocenters. The molecule has 25 heavy (non-hydrogen) atoms. The van der Waals surface area contributed by atoms with Crippen LogP contribution >= 0.6 is 0 Å². The van der Waals surface area contributed by atoms with Gasteiger partial charge in [0.25, 0.3) is 0 Å². The Bertz CT molecular complexity index is 482. The van der Waals surface area contributed by atoms with Gasteiger partial charge in [-0.1, -0.05) is 30.3 Å². The van der Waals surface area contributed by atoms with Crippen LogP contribution in [0.15, 0.2) is 30.3 Å². The summed E-state index contributed by atoms with van der Waals surface area (Å²) in [5, 5.41) is -0.901. The SMILES string of the molecule is CO[Si](CCCC(N)(c1ccccc1)[Si](OC)(OC)OC)(OC)OC. The lowest BCUT2D eigenvalue weighted by molar-refractivity contribution is 0.0862. The second kappa shape index (κ2) is 9.90. The molecule has 1 rings (SSSR count). The van der Waals surface area contributed by atoms with E-state index in [1.807, 2.05) is 30.3 Å². The van der Waals surface area contributed by atoms with E-state index in [1.165, 1.54) is 0 Å². The highest BCUT2D eigenvalue weighted by Gasteiger charge is 2.58. The van der Waals surface area contributed by atoms with E-state index in [9.17, 15) is 0 Å². The van der Waals surface area contributed by atoms with E-state index < -0.39 is 22.8 Å². The molecule has 0 aliphatic rings. The van der Waals surface area contributed by atoms with Crippen molar-refractivity contribution in [2.24, 2.45) is 5.73 Å². The average Bonchev–Trinajstić information content (AvgIpc) is 2.68. The Balaban J connectivity index is 3.13. The Hall–Kier alpha value is -0.626. The maximum absolute atomic E-state index is 6.86. The molecule has 7 nitrogen and oxygen atoms in total. The summed E-state index contributed by atoms with van der Waals surface area (Å²) in [7, 11) is 3.68. The van der Waals surface area contributed by atoms with Crippen molar-refractivity contribution in [2.75, 3.05) is 42.7 Å². The molecule has 0 bridgehead atoms. The first-order chi connectivity index (χ1) is 11.9. The number of benzene rings is 1. The van der Waals surface area contributed by atoms with Crippen LogP contribution in [0.5, 0.6) is 0 Å². The van der Waals surface area contributed by atoms with Crippen molar-refractivity contribution >= 4 is 17.6 Å². The monoisotopic (exact) mass is 389 g/mol. The van der Waals surface area contributed by atoms with Crippen molar-refractivity contribution in [1.82, 2.24) is 0 Å². The molecule has 0 aromatic heterocycles. The summed E-state index contributed by atoms with van der Waals surface area (Å²) in [5.41, 5.74) is 7.77. The fourth-order valence-corrected chi connectivity index (χ4v) is 7.46. The molecule has 144 valence electrons. The Morgan fingerprint density at radius 1 is 0.800 bits per heavy atom. The van der Waals surface area contributed by atoms with Crippen LogP contribution < -0.4 is 5.73 Å². The minimum Gasteiger partial charge on any atom is -0.377 e. The Kier molecular flexibility index (Phi) is 8.88. The zero-order chi connectivity index (χ0) is 19.0. The van der Waals surface area contributed by atoms with Gasteiger partial charge >= 0.3 is 17.6 Å². The molecule has 1 aromatic rings. The maximum Gasteiger partial charge on any atom is 0.525 e. The van der Waals surface area contributed by atoms with E-state index in [2.05, 4.69) is 0 Å². The third kappa shape index (κ3) is 4.56. The molecule has 0 saturated heterocycles. The lowest BCUT2D eigenvalue weighted by atomic mass is 10.0. The second-order valence-electron chi connectivity index (χ2n) is 5.65. The van der Waals surface area contributed by atoms with Crippen molar-refractivity contribution in [3.63, 3.8) is 0 Å². The molecule has 0 saturated carbocycles. The van der Waals surface area contributed by atoms with Crippen molar-refractivity contribution in [3.05, 3.63) is 35.9 Å². The zero-order valence-electron chi connectivity index (χ0n) is 16.0. The summed E-state index contributed by atoms with van der Waals surface area (Å²) in [5.74, 6) is 0. The van der Waals surface area contributed by atoms with Gasteiger partial charge in [0.2, 0.25) is 0 Å². The molecule has 0 fully saturated rings. The van der Waals surface area contributed by atoms with Gasteiger partial charge in [0, 0.05) is 48.7 Å². The molecule has 0 spiro atoms. The van der Waals surface area contributed by atoms with Crippen molar-refractivity contribution in [1.29, 1.82) is 0 Å². The maximum atomic E-state index is 6.86. The van der Waals surface area contributed by atoms with Crippen LogP contribution in [0.1, 0.15) is 18.4 Å². The lowest BCUT2D eigenvalue weighted by Gasteiger charge is -2.41. The van der Waals surface area contributed by atoms with E-state index >= 15 is 0 Å². The molecule has 0 radical (unpaired) electrons. The third-order valence-electron chi connectivity index (χ3n) is 4.63. The van der Waals surface area contributed by atoms with Crippen LogP contribution in [0.25, 0.3) is 0 Å². The molecule has 2 N–H and O–H groups in total. The number of nitrogens with two attached hydrogens (primary N) is 1. The van der Waals surface area contributed by atoms with Crippen molar-refractivity contribution < 1.29 is 26.6 Å². The summed E-state index contributed by atoms with van der Waals surface area (Å²) in [6.07, 6.45) is 1.28. The van der Waals surface area contributed by atoms with Crippen LogP contribution in [0.4, 0.5) is 0 Å². The minimum absolute atomic E-state index is 0.573. The molecular weight excluding hydrogens is 358 g/mol.